The molecule has 13 heteroatoms. The number of nitrogens with one attached hydrogen (secondary N) is 2. The molecule has 0 radical (unpaired) electrons. The lowest BCUT2D eigenvalue weighted by molar-refractivity contribution is -0.144. The van der Waals surface area contributed by atoms with Gasteiger partial charge in [-0.1, -0.05) is 93.9 Å². The number of carbonyl (C=O) groups is 4. The fraction of sp³-hybridized carbons (Fsp3) is 0.390. The van der Waals surface area contributed by atoms with Crippen LogP contribution in [0.1, 0.15) is 62.9 Å². The molecule has 0 bridgehead atoms. The van der Waals surface area contributed by atoms with E-state index in [0.717, 1.165) is 31.5 Å². The van der Waals surface area contributed by atoms with Crippen molar-refractivity contribution < 1.29 is 39.6 Å². The molecular weight excluding hydrogens is 803 g/mol. The Hall–Kier alpha value is -4.60. The first-order valence-electron chi connectivity index (χ1n) is 17.8. The van der Waals surface area contributed by atoms with E-state index in [1.807, 2.05) is 99.8 Å². The second-order valence-electron chi connectivity index (χ2n) is 14.3. The topological polar surface area (TPSA) is 191 Å². The maximum atomic E-state index is 11.7. The number of hydrogen-bond donors (Lipinski definition) is 6. The Balaban J connectivity index is 0.000000290. The summed E-state index contributed by atoms with van der Waals surface area (Å²) in [6, 6.07) is 20.2. The summed E-state index contributed by atoms with van der Waals surface area (Å²) in [7, 11) is 0. The second-order valence-corrected chi connectivity index (χ2v) is 15.5. The molecule has 4 atom stereocenters. The van der Waals surface area contributed by atoms with Crippen molar-refractivity contribution in [3.05, 3.63) is 111 Å². The number of aromatic nitrogens is 2. The molecule has 0 aliphatic carbocycles. The van der Waals surface area contributed by atoms with Crippen molar-refractivity contribution in [2.75, 3.05) is 0 Å². The Morgan fingerprint density at radius 2 is 1.06 bits per heavy atom. The zero-order valence-electron chi connectivity index (χ0n) is 31.3. The molecule has 0 saturated carbocycles. The SMILES string of the molecule is CC(C)CC(NC(Cc1cncn1Cc1ccc(I)cc1)C(=O)O)C(=O)O.Cc1ccc(-c2ccc(CC(NC(CC(C)C)C(=O)O)C(=O)O)cc2)cc1. The fourth-order valence-electron chi connectivity index (χ4n) is 5.81. The first kappa shape index (κ1) is 43.8. The zero-order valence-corrected chi connectivity index (χ0v) is 33.4. The van der Waals surface area contributed by atoms with Crippen LogP contribution in [-0.4, -0.2) is 78.0 Å². The summed E-state index contributed by atoms with van der Waals surface area (Å²) < 4.78 is 3.03. The van der Waals surface area contributed by atoms with Crippen molar-refractivity contribution in [2.45, 2.75) is 91.0 Å². The Morgan fingerprint density at radius 1 is 0.630 bits per heavy atom. The molecule has 1 heterocycles. The van der Waals surface area contributed by atoms with Crippen LogP contribution in [-0.2, 0) is 38.6 Å². The molecule has 1 aromatic heterocycles. The Labute approximate surface area is 330 Å². The molecule has 12 nitrogen and oxygen atoms in total. The minimum absolute atomic E-state index is 0.138. The second kappa shape index (κ2) is 21.3. The number of rotatable bonds is 19. The highest BCUT2D eigenvalue weighted by Gasteiger charge is 2.28. The minimum atomic E-state index is -1.08. The van der Waals surface area contributed by atoms with Gasteiger partial charge in [0.05, 0.1) is 6.33 Å². The maximum absolute atomic E-state index is 11.7. The summed E-state index contributed by atoms with van der Waals surface area (Å²) in [5.74, 6) is -3.90. The van der Waals surface area contributed by atoms with Gasteiger partial charge in [-0.2, -0.15) is 0 Å². The van der Waals surface area contributed by atoms with Gasteiger partial charge >= 0.3 is 23.9 Å². The summed E-state index contributed by atoms with van der Waals surface area (Å²) in [4.78, 5) is 50.3. The number of nitrogens with zero attached hydrogens (tertiary/aromatic N) is 2. The fourth-order valence-corrected chi connectivity index (χ4v) is 6.17. The van der Waals surface area contributed by atoms with E-state index in [0.29, 0.717) is 19.4 Å². The van der Waals surface area contributed by atoms with Crippen LogP contribution in [0, 0.1) is 22.3 Å². The predicted octanol–water partition coefficient (Wildman–Crippen LogP) is 6.37. The van der Waals surface area contributed by atoms with Crippen LogP contribution < -0.4 is 10.6 Å². The summed E-state index contributed by atoms with van der Waals surface area (Å²) >= 11 is 2.24. The molecule has 290 valence electrons. The van der Waals surface area contributed by atoms with Crippen molar-refractivity contribution in [1.29, 1.82) is 0 Å². The summed E-state index contributed by atoms with van der Waals surface area (Å²) in [6.07, 6.45) is 4.41. The van der Waals surface area contributed by atoms with E-state index in [2.05, 4.69) is 50.3 Å². The first-order chi connectivity index (χ1) is 25.5. The Morgan fingerprint density at radius 3 is 1.50 bits per heavy atom. The predicted molar refractivity (Wildman–Crippen MR) is 215 cm³/mol. The normalized spacial score (nSPS) is 13.4. The third-order valence-corrected chi connectivity index (χ3v) is 9.39. The molecule has 4 aromatic rings. The van der Waals surface area contributed by atoms with Crippen molar-refractivity contribution in [3.8, 4) is 11.1 Å². The summed E-state index contributed by atoms with van der Waals surface area (Å²) in [5, 5.41) is 43.4. The van der Waals surface area contributed by atoms with Crippen molar-refractivity contribution in [3.63, 3.8) is 0 Å². The van der Waals surface area contributed by atoms with E-state index in [-0.39, 0.29) is 24.7 Å². The largest absolute Gasteiger partial charge is 0.480 e. The van der Waals surface area contributed by atoms with E-state index in [4.69, 9.17) is 0 Å². The maximum Gasteiger partial charge on any atom is 0.321 e. The van der Waals surface area contributed by atoms with E-state index >= 15 is 0 Å². The number of benzene rings is 3. The van der Waals surface area contributed by atoms with Gasteiger partial charge in [-0.15, -0.1) is 0 Å². The van der Waals surface area contributed by atoms with Crippen LogP contribution in [0.2, 0.25) is 0 Å². The van der Waals surface area contributed by atoms with E-state index in [1.165, 1.54) is 5.56 Å². The third kappa shape index (κ3) is 14.7. The Bertz CT molecular complexity index is 1810. The average molecular weight is 855 g/mol. The molecule has 0 saturated heterocycles. The highest BCUT2D eigenvalue weighted by molar-refractivity contribution is 14.1. The molecule has 4 rings (SSSR count). The highest BCUT2D eigenvalue weighted by Crippen LogP contribution is 2.21. The van der Waals surface area contributed by atoms with Gasteiger partial charge in [0, 0.05) is 28.4 Å². The van der Waals surface area contributed by atoms with Gasteiger partial charge in [-0.3, -0.25) is 29.8 Å². The van der Waals surface area contributed by atoms with Gasteiger partial charge in [-0.25, -0.2) is 4.98 Å². The summed E-state index contributed by atoms with van der Waals surface area (Å²) in [5.41, 5.74) is 6.02. The highest BCUT2D eigenvalue weighted by atomic mass is 127. The third-order valence-electron chi connectivity index (χ3n) is 8.67. The van der Waals surface area contributed by atoms with E-state index < -0.39 is 48.0 Å². The molecule has 3 aromatic carbocycles. The lowest BCUT2D eigenvalue weighted by atomic mass is 9.98. The summed E-state index contributed by atoms with van der Waals surface area (Å²) in [6.45, 7) is 10.3. The number of aliphatic carboxylic acids is 4. The van der Waals surface area contributed by atoms with Gasteiger partial charge in [0.15, 0.2) is 0 Å². The number of carboxylic acid groups (broad SMARTS) is 4. The molecule has 0 fully saturated rings. The molecule has 0 aliphatic heterocycles. The number of halogens is 1. The van der Waals surface area contributed by atoms with Gasteiger partial charge < -0.3 is 25.0 Å². The van der Waals surface area contributed by atoms with Crippen LogP contribution in [0.15, 0.2) is 85.3 Å². The van der Waals surface area contributed by atoms with Crippen LogP contribution in [0.3, 0.4) is 0 Å². The molecule has 54 heavy (non-hydrogen) atoms. The van der Waals surface area contributed by atoms with Crippen molar-refractivity contribution in [1.82, 2.24) is 20.2 Å². The average Bonchev–Trinajstić information content (AvgIpc) is 3.54. The minimum Gasteiger partial charge on any atom is -0.480 e. The smallest absolute Gasteiger partial charge is 0.321 e. The Kier molecular flexibility index (Phi) is 17.3. The molecular formula is C41H51IN4O8. The van der Waals surface area contributed by atoms with Gasteiger partial charge in [0.25, 0.3) is 0 Å². The van der Waals surface area contributed by atoms with Gasteiger partial charge in [-0.05, 0) is 95.0 Å². The molecule has 0 spiro atoms. The van der Waals surface area contributed by atoms with E-state index in [9.17, 15) is 39.6 Å². The lowest BCUT2D eigenvalue weighted by Gasteiger charge is -2.22. The van der Waals surface area contributed by atoms with Crippen LogP contribution >= 0.6 is 22.6 Å². The first-order valence-corrected chi connectivity index (χ1v) is 18.9. The van der Waals surface area contributed by atoms with Gasteiger partial charge in [0.2, 0.25) is 0 Å². The van der Waals surface area contributed by atoms with Crippen LogP contribution in [0.25, 0.3) is 11.1 Å². The van der Waals surface area contributed by atoms with Crippen LogP contribution in [0.5, 0.6) is 0 Å². The monoisotopic (exact) mass is 854 g/mol. The van der Waals surface area contributed by atoms with Crippen molar-refractivity contribution >= 4 is 46.5 Å². The quantitative estimate of drug-likeness (QED) is 0.0575. The molecule has 6 N–H and O–H groups in total. The van der Waals surface area contributed by atoms with Gasteiger partial charge in [0.1, 0.15) is 24.2 Å². The zero-order chi connectivity index (χ0) is 39.9. The molecule has 4 unspecified atom stereocenters. The number of hydrogen-bond acceptors (Lipinski definition) is 7. The lowest BCUT2D eigenvalue weighted by Crippen LogP contribution is -2.49. The van der Waals surface area contributed by atoms with E-state index in [1.54, 1.807) is 12.5 Å². The van der Waals surface area contributed by atoms with Crippen molar-refractivity contribution in [2.24, 2.45) is 11.8 Å². The molecule has 0 aliphatic rings. The number of imidazole rings is 1. The van der Waals surface area contributed by atoms with Crippen LogP contribution in [0.4, 0.5) is 0 Å². The standard InChI is InChI=1S/C22H27NO4.C19H24IN3O4/c1-14(2)12-19(21(24)25)23-20(22(26)27)13-16-6-10-18(11-7-16)17-8-4-15(3)5-9-17;1-12(2)7-16(18(24)25)22-17(19(26)27)8-15-9-21-11-23(15)10-13-3-5-14(20)6-4-13/h4-11,14,19-20,23H,12-13H2,1-3H3,(H,24,25)(H,26,27);3-6,9,11-12,16-17,22H,7-8,10H2,1-2H3,(H,24,25)(H,26,27). The number of carboxylic acids is 4. The number of aryl methyl sites for hydroxylation is 1. The molecule has 0 amide bonds.